The molecule has 3 aromatic rings. The average molecular weight is 480 g/mol. The van der Waals surface area contributed by atoms with Crippen molar-refractivity contribution in [2.24, 2.45) is 5.41 Å². The molecule has 34 heavy (non-hydrogen) atoms. The Labute approximate surface area is 203 Å². The number of carboxylic acid groups (broad SMARTS) is 1. The molecule has 1 heterocycles. The van der Waals surface area contributed by atoms with Crippen molar-refractivity contribution in [1.82, 2.24) is 5.16 Å². The van der Waals surface area contributed by atoms with Crippen LogP contribution in [0.15, 0.2) is 53.1 Å². The molecule has 0 aliphatic rings. The van der Waals surface area contributed by atoms with Gasteiger partial charge in [0.15, 0.2) is 5.76 Å². The summed E-state index contributed by atoms with van der Waals surface area (Å²) in [5, 5.41) is 13.8. The molecule has 0 aliphatic heterocycles. The summed E-state index contributed by atoms with van der Waals surface area (Å²) in [4.78, 5) is 23.8. The number of ether oxygens (including phenoxy) is 1. The molecule has 0 fully saturated rings. The molecule has 1 N–H and O–H groups in total. The molecule has 0 saturated carbocycles. The maximum absolute atomic E-state index is 12.6. The lowest BCUT2D eigenvalue weighted by Gasteiger charge is -2.15. The number of aliphatic carboxylic acids is 1. The topological polar surface area (TPSA) is 89.6 Å². The highest BCUT2D eigenvalue weighted by Gasteiger charge is 2.25. The van der Waals surface area contributed by atoms with E-state index in [9.17, 15) is 14.7 Å². The van der Waals surface area contributed by atoms with E-state index in [-0.39, 0.29) is 12.8 Å². The van der Waals surface area contributed by atoms with Crippen molar-refractivity contribution in [3.05, 3.63) is 75.9 Å². The van der Waals surface area contributed by atoms with Gasteiger partial charge in [0.25, 0.3) is 0 Å². The van der Waals surface area contributed by atoms with Gasteiger partial charge in [-0.15, -0.1) is 0 Å². The largest absolute Gasteiger partial charge is 0.481 e. The summed E-state index contributed by atoms with van der Waals surface area (Å²) in [6.45, 7) is 6.83. The number of carboxylic acids is 1. The van der Waals surface area contributed by atoms with E-state index in [4.69, 9.17) is 20.9 Å². The second-order valence-electron chi connectivity index (χ2n) is 8.65. The zero-order valence-electron chi connectivity index (χ0n) is 19.5. The first-order valence-corrected chi connectivity index (χ1v) is 11.2. The van der Waals surface area contributed by atoms with Crippen molar-refractivity contribution >= 4 is 23.5 Å². The van der Waals surface area contributed by atoms with Crippen LogP contribution in [0.5, 0.6) is 0 Å². The minimum atomic E-state index is -0.906. The second kappa shape index (κ2) is 10.6. The third kappa shape index (κ3) is 6.06. The molecular weight excluding hydrogens is 454 g/mol. The summed E-state index contributed by atoms with van der Waals surface area (Å²) in [5.74, 6) is 5.10. The summed E-state index contributed by atoms with van der Waals surface area (Å²) in [7, 11) is 0. The van der Waals surface area contributed by atoms with Crippen LogP contribution >= 0.6 is 11.6 Å². The Hall–Kier alpha value is -3.56. The van der Waals surface area contributed by atoms with Crippen LogP contribution in [-0.2, 0) is 20.7 Å². The smallest absolute Gasteiger partial charge is 0.311 e. The van der Waals surface area contributed by atoms with Crippen LogP contribution in [-0.4, -0.2) is 22.2 Å². The number of benzene rings is 2. The Kier molecular flexibility index (Phi) is 7.80. The second-order valence-corrected chi connectivity index (χ2v) is 9.06. The Morgan fingerprint density at radius 2 is 1.85 bits per heavy atom. The summed E-state index contributed by atoms with van der Waals surface area (Å²) >= 11 is 6.20. The molecule has 6 nitrogen and oxygen atoms in total. The number of hydrogen-bond donors (Lipinski definition) is 1. The van der Waals surface area contributed by atoms with Gasteiger partial charge in [-0.2, -0.15) is 0 Å². The van der Waals surface area contributed by atoms with Gasteiger partial charge in [0.1, 0.15) is 6.10 Å². The maximum atomic E-state index is 12.6. The van der Waals surface area contributed by atoms with E-state index in [1.165, 1.54) is 0 Å². The van der Waals surface area contributed by atoms with Crippen molar-refractivity contribution in [2.75, 3.05) is 0 Å². The Morgan fingerprint density at radius 3 is 2.50 bits per heavy atom. The van der Waals surface area contributed by atoms with E-state index in [1.54, 1.807) is 33.8 Å². The Balaban J connectivity index is 1.71. The van der Waals surface area contributed by atoms with E-state index < -0.39 is 23.5 Å². The third-order valence-electron chi connectivity index (χ3n) is 5.45. The lowest BCUT2D eigenvalue weighted by atomic mass is 9.90. The van der Waals surface area contributed by atoms with Crippen LogP contribution in [0.25, 0.3) is 11.3 Å². The monoisotopic (exact) mass is 479 g/mol. The summed E-state index contributed by atoms with van der Waals surface area (Å²) in [5.41, 5.74) is 2.59. The molecule has 0 spiro atoms. The number of carbonyl (C=O) groups excluding carboxylic acids is 1. The molecule has 7 heteroatoms. The standard InChI is InChI=1S/C27H26ClNO5/c1-17-22(16-24(30)33-18(2)21-9-5-6-10-23(21)28)25(34-29-17)20-13-11-19(12-14-20)8-7-15-27(3,4)26(31)32/h5-6,9-14,18H,15-16H2,1-4H3,(H,31,32). The minimum Gasteiger partial charge on any atom is -0.481 e. The number of aromatic nitrogens is 1. The molecule has 0 aliphatic carbocycles. The van der Waals surface area contributed by atoms with Gasteiger partial charge in [0, 0.05) is 33.7 Å². The molecule has 0 amide bonds. The van der Waals surface area contributed by atoms with Crippen LogP contribution in [0.2, 0.25) is 5.02 Å². The average Bonchev–Trinajstić information content (AvgIpc) is 3.14. The van der Waals surface area contributed by atoms with Gasteiger partial charge >= 0.3 is 11.9 Å². The number of aryl methyl sites for hydroxylation is 1. The highest BCUT2D eigenvalue weighted by molar-refractivity contribution is 6.31. The first-order chi connectivity index (χ1) is 16.1. The fraction of sp³-hybridized carbons (Fsp3) is 0.296. The summed E-state index contributed by atoms with van der Waals surface area (Å²) in [6, 6.07) is 14.5. The quantitative estimate of drug-likeness (QED) is 0.330. The van der Waals surface area contributed by atoms with Crippen LogP contribution in [0.4, 0.5) is 0 Å². The van der Waals surface area contributed by atoms with E-state index in [2.05, 4.69) is 17.0 Å². The highest BCUT2D eigenvalue weighted by Crippen LogP contribution is 2.29. The molecule has 0 radical (unpaired) electrons. The first-order valence-electron chi connectivity index (χ1n) is 10.8. The predicted molar refractivity (Wildman–Crippen MR) is 129 cm³/mol. The van der Waals surface area contributed by atoms with Gasteiger partial charge < -0.3 is 14.4 Å². The number of hydrogen-bond acceptors (Lipinski definition) is 5. The molecule has 0 saturated heterocycles. The zero-order valence-corrected chi connectivity index (χ0v) is 20.3. The zero-order chi connectivity index (χ0) is 24.9. The van der Waals surface area contributed by atoms with Crippen LogP contribution in [0, 0.1) is 24.2 Å². The van der Waals surface area contributed by atoms with E-state index in [0.717, 1.165) is 16.7 Å². The molecule has 0 bridgehead atoms. The van der Waals surface area contributed by atoms with E-state index >= 15 is 0 Å². The molecule has 1 aromatic heterocycles. The van der Waals surface area contributed by atoms with Crippen LogP contribution in [0.3, 0.4) is 0 Å². The van der Waals surface area contributed by atoms with Crippen molar-refractivity contribution in [3.8, 4) is 23.2 Å². The fourth-order valence-electron chi connectivity index (χ4n) is 3.22. The number of nitrogens with zero attached hydrogens (tertiary/aromatic N) is 1. The van der Waals surface area contributed by atoms with Gasteiger partial charge in [0.05, 0.1) is 17.5 Å². The lowest BCUT2D eigenvalue weighted by molar-refractivity contribution is -0.148. The third-order valence-corrected chi connectivity index (χ3v) is 5.79. The molecule has 2 aromatic carbocycles. The summed E-state index contributed by atoms with van der Waals surface area (Å²) in [6.07, 6.45) is -0.246. The molecule has 1 atom stereocenters. The number of esters is 1. The molecule has 1 unspecified atom stereocenters. The molecule has 3 rings (SSSR count). The molecular formula is C27H26ClNO5. The van der Waals surface area contributed by atoms with E-state index in [0.29, 0.717) is 22.0 Å². The normalized spacial score (nSPS) is 11.9. The first kappa shape index (κ1) is 25.1. The van der Waals surface area contributed by atoms with Crippen molar-refractivity contribution < 1.29 is 24.0 Å². The van der Waals surface area contributed by atoms with Crippen molar-refractivity contribution in [2.45, 2.75) is 46.6 Å². The highest BCUT2D eigenvalue weighted by atomic mass is 35.5. The SMILES string of the molecule is Cc1noc(-c2ccc(C#CCC(C)(C)C(=O)O)cc2)c1CC(=O)OC(C)c1ccccc1Cl. The van der Waals surface area contributed by atoms with Crippen LogP contribution < -0.4 is 0 Å². The number of carbonyl (C=O) groups is 2. The van der Waals surface area contributed by atoms with Gasteiger partial charge in [-0.25, -0.2) is 0 Å². The van der Waals surface area contributed by atoms with Crippen molar-refractivity contribution in [3.63, 3.8) is 0 Å². The summed E-state index contributed by atoms with van der Waals surface area (Å²) < 4.78 is 11.1. The number of halogens is 1. The van der Waals surface area contributed by atoms with Gasteiger partial charge in [-0.05, 0) is 58.0 Å². The predicted octanol–water partition coefficient (Wildman–Crippen LogP) is 6.00. The Morgan fingerprint density at radius 1 is 1.18 bits per heavy atom. The fourth-order valence-corrected chi connectivity index (χ4v) is 3.51. The maximum Gasteiger partial charge on any atom is 0.311 e. The minimum absolute atomic E-state index is 0.00525. The lowest BCUT2D eigenvalue weighted by Crippen LogP contribution is -2.22. The van der Waals surface area contributed by atoms with Crippen molar-refractivity contribution in [1.29, 1.82) is 0 Å². The van der Waals surface area contributed by atoms with Gasteiger partial charge in [-0.3, -0.25) is 9.59 Å². The number of rotatable bonds is 7. The Bertz CT molecular complexity index is 1250. The van der Waals surface area contributed by atoms with Gasteiger partial charge in [0.2, 0.25) is 0 Å². The van der Waals surface area contributed by atoms with Crippen LogP contribution in [0.1, 0.15) is 55.7 Å². The molecule has 176 valence electrons. The van der Waals surface area contributed by atoms with E-state index in [1.807, 2.05) is 42.5 Å². The van der Waals surface area contributed by atoms with Gasteiger partial charge in [-0.1, -0.05) is 46.8 Å².